The zero-order valence-corrected chi connectivity index (χ0v) is 21.4. The molecule has 4 rings (SSSR count). The first-order valence-electron chi connectivity index (χ1n) is 10.3. The summed E-state index contributed by atoms with van der Waals surface area (Å²) >= 11 is 24.4. The van der Waals surface area contributed by atoms with Crippen molar-refractivity contribution >= 4 is 81.2 Å². The van der Waals surface area contributed by atoms with Crippen molar-refractivity contribution < 1.29 is 14.4 Å². The summed E-state index contributed by atoms with van der Waals surface area (Å²) in [5.41, 5.74) is 3.44. The van der Waals surface area contributed by atoms with Gasteiger partial charge in [0.1, 0.15) is 10.7 Å². The second kappa shape index (κ2) is 9.91. The van der Waals surface area contributed by atoms with Gasteiger partial charge in [-0.25, -0.2) is 4.90 Å². The fourth-order valence-corrected chi connectivity index (χ4v) is 4.26. The molecule has 3 amide bonds. The standard InChI is InChI=1S/C25H17Cl4N3O3/c1-12-6-7-16(8-13(12)2)31-23(33)14-4-3-5-15(9-14)30-22-21(29)24(34)32(25(22)35)20-11-18(27)17(26)10-19(20)28/h3-11,30H,1-2H3,(H,31,33). The van der Waals surface area contributed by atoms with Crippen molar-refractivity contribution in [2.24, 2.45) is 0 Å². The van der Waals surface area contributed by atoms with E-state index in [0.717, 1.165) is 16.0 Å². The molecule has 0 radical (unpaired) electrons. The Balaban J connectivity index is 1.56. The van der Waals surface area contributed by atoms with Crippen LogP contribution in [0.2, 0.25) is 15.1 Å². The molecular weight excluding hydrogens is 532 g/mol. The Morgan fingerprint density at radius 3 is 2.20 bits per heavy atom. The maximum atomic E-state index is 13.1. The van der Waals surface area contributed by atoms with Gasteiger partial charge < -0.3 is 10.6 Å². The number of carbonyl (C=O) groups excluding carboxylic acids is 3. The SMILES string of the molecule is Cc1ccc(NC(=O)c2cccc(NC3=C(Cl)C(=O)N(c4cc(Cl)c(Cl)cc4Cl)C3=O)c2)cc1C. The topological polar surface area (TPSA) is 78.5 Å². The predicted octanol–water partition coefficient (Wildman–Crippen LogP) is 6.95. The van der Waals surface area contributed by atoms with Crippen LogP contribution in [0.1, 0.15) is 21.5 Å². The number of amides is 3. The Kier molecular flexibility index (Phi) is 7.10. The van der Waals surface area contributed by atoms with E-state index >= 15 is 0 Å². The van der Waals surface area contributed by atoms with Gasteiger partial charge in [-0.05, 0) is 67.4 Å². The Labute approximate surface area is 221 Å². The van der Waals surface area contributed by atoms with E-state index in [1.165, 1.54) is 12.1 Å². The zero-order valence-electron chi connectivity index (χ0n) is 18.4. The quantitative estimate of drug-likeness (QED) is 0.267. The summed E-state index contributed by atoms with van der Waals surface area (Å²) in [6.45, 7) is 3.95. The minimum Gasteiger partial charge on any atom is -0.350 e. The van der Waals surface area contributed by atoms with Crippen LogP contribution in [0.25, 0.3) is 0 Å². The summed E-state index contributed by atoms with van der Waals surface area (Å²) in [6.07, 6.45) is 0. The minimum atomic E-state index is -0.775. The van der Waals surface area contributed by atoms with Gasteiger partial charge in [0.15, 0.2) is 0 Å². The molecule has 1 heterocycles. The third-order valence-electron chi connectivity index (χ3n) is 5.42. The number of hydrogen-bond donors (Lipinski definition) is 2. The van der Waals surface area contributed by atoms with E-state index in [0.29, 0.717) is 16.9 Å². The first-order valence-corrected chi connectivity index (χ1v) is 11.8. The van der Waals surface area contributed by atoms with Crippen LogP contribution in [0, 0.1) is 13.8 Å². The molecule has 35 heavy (non-hydrogen) atoms. The molecule has 6 nitrogen and oxygen atoms in total. The second-order valence-corrected chi connectivity index (χ2v) is 9.41. The highest BCUT2D eigenvalue weighted by molar-refractivity contribution is 6.54. The third kappa shape index (κ3) is 5.02. The van der Waals surface area contributed by atoms with Crippen molar-refractivity contribution in [1.82, 2.24) is 0 Å². The molecule has 3 aromatic rings. The first kappa shape index (κ1) is 25.1. The van der Waals surface area contributed by atoms with E-state index < -0.39 is 11.8 Å². The second-order valence-electron chi connectivity index (χ2n) is 7.81. The van der Waals surface area contributed by atoms with Gasteiger partial charge in [-0.1, -0.05) is 58.5 Å². The summed E-state index contributed by atoms with van der Waals surface area (Å²) in [6, 6.07) is 14.7. The molecule has 1 aliphatic rings. The number of carbonyl (C=O) groups is 3. The molecule has 178 valence electrons. The van der Waals surface area contributed by atoms with Crippen molar-refractivity contribution in [2.75, 3.05) is 15.5 Å². The number of rotatable bonds is 5. The largest absolute Gasteiger partial charge is 0.350 e. The van der Waals surface area contributed by atoms with Crippen LogP contribution >= 0.6 is 46.4 Å². The molecule has 1 aliphatic heterocycles. The highest BCUT2D eigenvalue weighted by Crippen LogP contribution is 2.38. The van der Waals surface area contributed by atoms with E-state index in [4.69, 9.17) is 46.4 Å². The lowest BCUT2D eigenvalue weighted by molar-refractivity contribution is -0.120. The molecule has 0 fully saturated rings. The Morgan fingerprint density at radius 1 is 0.771 bits per heavy atom. The molecule has 3 aromatic carbocycles. The monoisotopic (exact) mass is 547 g/mol. The fraction of sp³-hybridized carbons (Fsp3) is 0.0800. The molecule has 0 saturated carbocycles. The molecule has 0 unspecified atom stereocenters. The summed E-state index contributed by atoms with van der Waals surface area (Å²) in [4.78, 5) is 39.4. The van der Waals surface area contributed by atoms with Crippen LogP contribution in [-0.4, -0.2) is 17.7 Å². The van der Waals surface area contributed by atoms with Crippen LogP contribution in [0.3, 0.4) is 0 Å². The molecule has 0 aliphatic carbocycles. The highest BCUT2D eigenvalue weighted by Gasteiger charge is 2.40. The molecule has 0 atom stereocenters. The zero-order chi connectivity index (χ0) is 25.4. The van der Waals surface area contributed by atoms with Gasteiger partial charge in [-0.15, -0.1) is 0 Å². The summed E-state index contributed by atoms with van der Waals surface area (Å²) < 4.78 is 0. The maximum absolute atomic E-state index is 13.1. The third-order valence-corrected chi connectivity index (χ3v) is 6.79. The number of aryl methyl sites for hydroxylation is 2. The lowest BCUT2D eigenvalue weighted by atomic mass is 10.1. The molecule has 0 saturated heterocycles. The summed E-state index contributed by atoms with van der Waals surface area (Å²) in [5, 5.41) is 5.70. The van der Waals surface area contributed by atoms with E-state index in [1.54, 1.807) is 24.3 Å². The van der Waals surface area contributed by atoms with Crippen molar-refractivity contribution in [1.29, 1.82) is 0 Å². The number of nitrogens with one attached hydrogen (secondary N) is 2. The van der Waals surface area contributed by atoms with Crippen LogP contribution in [-0.2, 0) is 9.59 Å². The molecule has 0 aromatic heterocycles. The van der Waals surface area contributed by atoms with Crippen molar-refractivity contribution in [3.8, 4) is 0 Å². The smallest absolute Gasteiger partial charge is 0.283 e. The lowest BCUT2D eigenvalue weighted by Crippen LogP contribution is -2.32. The summed E-state index contributed by atoms with van der Waals surface area (Å²) in [7, 11) is 0. The van der Waals surface area contributed by atoms with E-state index in [-0.39, 0.29) is 37.4 Å². The normalized spacial score (nSPS) is 13.5. The average molecular weight is 549 g/mol. The maximum Gasteiger partial charge on any atom is 0.283 e. The van der Waals surface area contributed by atoms with Crippen LogP contribution in [0.4, 0.5) is 17.1 Å². The number of benzene rings is 3. The van der Waals surface area contributed by atoms with E-state index in [2.05, 4.69) is 10.6 Å². The van der Waals surface area contributed by atoms with Crippen LogP contribution in [0.15, 0.2) is 65.3 Å². The number of imide groups is 1. The number of anilines is 3. The number of halogens is 4. The van der Waals surface area contributed by atoms with E-state index in [1.807, 2.05) is 32.0 Å². The van der Waals surface area contributed by atoms with Gasteiger partial charge >= 0.3 is 0 Å². The van der Waals surface area contributed by atoms with Crippen molar-refractivity contribution in [3.05, 3.63) is 97.1 Å². The fourth-order valence-electron chi connectivity index (χ4n) is 3.42. The predicted molar refractivity (Wildman–Crippen MR) is 141 cm³/mol. The van der Waals surface area contributed by atoms with Crippen LogP contribution in [0.5, 0.6) is 0 Å². The lowest BCUT2D eigenvalue weighted by Gasteiger charge is -2.17. The number of hydrogen-bond acceptors (Lipinski definition) is 4. The number of nitrogens with zero attached hydrogens (tertiary/aromatic N) is 1. The Morgan fingerprint density at radius 2 is 1.49 bits per heavy atom. The average Bonchev–Trinajstić information content (AvgIpc) is 3.02. The van der Waals surface area contributed by atoms with Crippen LogP contribution < -0.4 is 15.5 Å². The van der Waals surface area contributed by atoms with E-state index in [9.17, 15) is 14.4 Å². The van der Waals surface area contributed by atoms with Gasteiger partial charge in [0.05, 0.1) is 20.8 Å². The van der Waals surface area contributed by atoms with Gasteiger partial charge in [0.2, 0.25) is 0 Å². The van der Waals surface area contributed by atoms with Gasteiger partial charge in [-0.3, -0.25) is 14.4 Å². The molecule has 0 spiro atoms. The molecule has 10 heteroatoms. The molecular formula is C25H17Cl4N3O3. The summed E-state index contributed by atoms with van der Waals surface area (Å²) in [5.74, 6) is -1.84. The Hall–Kier alpha value is -3.03. The van der Waals surface area contributed by atoms with Gasteiger partial charge in [0, 0.05) is 16.9 Å². The Bertz CT molecular complexity index is 1440. The highest BCUT2D eigenvalue weighted by atomic mass is 35.5. The van der Waals surface area contributed by atoms with Crippen molar-refractivity contribution in [3.63, 3.8) is 0 Å². The van der Waals surface area contributed by atoms with Gasteiger partial charge in [0.25, 0.3) is 17.7 Å². The molecule has 0 bridgehead atoms. The first-order chi connectivity index (χ1) is 16.6. The van der Waals surface area contributed by atoms with Gasteiger partial charge in [-0.2, -0.15) is 0 Å². The van der Waals surface area contributed by atoms with Crippen molar-refractivity contribution in [2.45, 2.75) is 13.8 Å². The molecule has 2 N–H and O–H groups in total. The minimum absolute atomic E-state index is 0.0486.